The van der Waals surface area contributed by atoms with E-state index >= 15 is 0 Å². The maximum Gasteiger partial charge on any atom is 0.165 e. The van der Waals surface area contributed by atoms with Gasteiger partial charge in [-0.2, -0.15) is 0 Å². The van der Waals surface area contributed by atoms with Crippen LogP contribution in [0.2, 0.25) is 0 Å². The van der Waals surface area contributed by atoms with E-state index in [1.807, 2.05) is 0 Å². The number of nitrogens with one attached hydrogen (secondary N) is 1. The molecule has 96 valence electrons. The van der Waals surface area contributed by atoms with Crippen molar-refractivity contribution in [3.8, 4) is 5.75 Å². The fourth-order valence-corrected chi connectivity index (χ4v) is 1.70. The molecule has 1 aromatic rings. The molecule has 4 N–H and O–H groups in total. The summed E-state index contributed by atoms with van der Waals surface area (Å²) in [6, 6.07) is 4.24. The summed E-state index contributed by atoms with van der Waals surface area (Å²) >= 11 is 0. The number of benzene rings is 1. The number of nitrogens with two attached hydrogens (primary N) is 1. The molecular weight excluding hydrogens is 223 g/mol. The maximum atomic E-state index is 13.6. The molecule has 2 atom stereocenters. The smallest absolute Gasteiger partial charge is 0.165 e. The van der Waals surface area contributed by atoms with Crippen LogP contribution in [0.3, 0.4) is 0 Å². The Kier molecular flexibility index (Phi) is 5.34. The highest BCUT2D eigenvalue weighted by molar-refractivity contribution is 5.31. The standard InChI is InChI=1S/C12H19FN2O2/c1-3-17-11-5-4-8(6-9(11)13)12(15-2)10(16)7-14/h4-6,10,12,15-16H,3,7,14H2,1-2H3. The number of likely N-dealkylation sites (N-methyl/N-ethyl adjacent to an activating group) is 1. The van der Waals surface area contributed by atoms with Gasteiger partial charge in [0.2, 0.25) is 0 Å². The lowest BCUT2D eigenvalue weighted by molar-refractivity contribution is 0.139. The van der Waals surface area contributed by atoms with Crippen molar-refractivity contribution < 1.29 is 14.2 Å². The van der Waals surface area contributed by atoms with Crippen molar-refractivity contribution in [1.82, 2.24) is 5.32 Å². The molecule has 1 rings (SSSR count). The highest BCUT2D eigenvalue weighted by atomic mass is 19.1. The van der Waals surface area contributed by atoms with Crippen molar-refractivity contribution in [1.29, 1.82) is 0 Å². The van der Waals surface area contributed by atoms with E-state index in [9.17, 15) is 9.50 Å². The molecule has 17 heavy (non-hydrogen) atoms. The predicted molar refractivity (Wildman–Crippen MR) is 64.4 cm³/mol. The summed E-state index contributed by atoms with van der Waals surface area (Å²) in [7, 11) is 1.69. The molecule has 1 aromatic carbocycles. The summed E-state index contributed by atoms with van der Waals surface area (Å²) in [6.45, 7) is 2.32. The molecule has 4 nitrogen and oxygen atoms in total. The Labute approximate surface area is 101 Å². The van der Waals surface area contributed by atoms with Crippen molar-refractivity contribution in [2.45, 2.75) is 19.1 Å². The van der Waals surface area contributed by atoms with Crippen molar-refractivity contribution in [3.63, 3.8) is 0 Å². The van der Waals surface area contributed by atoms with Crippen LogP contribution in [0.4, 0.5) is 4.39 Å². The largest absolute Gasteiger partial charge is 0.491 e. The minimum Gasteiger partial charge on any atom is -0.491 e. The molecule has 5 heteroatoms. The van der Waals surface area contributed by atoms with E-state index in [0.717, 1.165) is 0 Å². The number of rotatable bonds is 6. The zero-order valence-electron chi connectivity index (χ0n) is 10.1. The molecule has 0 heterocycles. The van der Waals surface area contributed by atoms with E-state index in [1.165, 1.54) is 6.07 Å². The molecular formula is C12H19FN2O2. The summed E-state index contributed by atoms with van der Waals surface area (Å²) in [5, 5.41) is 12.6. The number of halogens is 1. The Bertz CT molecular complexity index is 360. The van der Waals surface area contributed by atoms with Crippen molar-refractivity contribution in [2.24, 2.45) is 5.73 Å². The van der Waals surface area contributed by atoms with Crippen LogP contribution in [-0.4, -0.2) is 31.4 Å². The lowest BCUT2D eigenvalue weighted by atomic mass is 10.0. The van der Waals surface area contributed by atoms with E-state index in [4.69, 9.17) is 10.5 Å². The van der Waals surface area contributed by atoms with E-state index in [1.54, 1.807) is 26.1 Å². The van der Waals surface area contributed by atoms with Crippen LogP contribution in [0, 0.1) is 5.82 Å². The maximum absolute atomic E-state index is 13.6. The van der Waals surface area contributed by atoms with Crippen molar-refractivity contribution >= 4 is 0 Å². The van der Waals surface area contributed by atoms with Gasteiger partial charge in [-0.3, -0.25) is 0 Å². The second-order valence-corrected chi connectivity index (χ2v) is 3.69. The molecule has 0 aliphatic heterocycles. The Morgan fingerprint density at radius 1 is 1.53 bits per heavy atom. The van der Waals surface area contributed by atoms with Gasteiger partial charge in [0.1, 0.15) is 0 Å². The minimum atomic E-state index is -0.752. The first-order valence-electron chi connectivity index (χ1n) is 5.61. The third-order valence-corrected chi connectivity index (χ3v) is 2.55. The van der Waals surface area contributed by atoms with Gasteiger partial charge < -0.3 is 20.9 Å². The fraction of sp³-hybridized carbons (Fsp3) is 0.500. The van der Waals surface area contributed by atoms with Crippen molar-refractivity contribution in [3.05, 3.63) is 29.6 Å². The molecule has 0 aliphatic rings. The Morgan fingerprint density at radius 3 is 2.71 bits per heavy atom. The third kappa shape index (κ3) is 3.39. The zero-order valence-corrected chi connectivity index (χ0v) is 10.1. The molecule has 0 saturated carbocycles. The van der Waals surface area contributed by atoms with E-state index in [0.29, 0.717) is 12.2 Å². The Balaban J connectivity index is 2.94. The molecule has 0 fully saturated rings. The second-order valence-electron chi connectivity index (χ2n) is 3.69. The van der Waals surface area contributed by atoms with Crippen LogP contribution in [-0.2, 0) is 0 Å². The summed E-state index contributed by atoms with van der Waals surface area (Å²) < 4.78 is 18.7. The van der Waals surface area contributed by atoms with Gasteiger partial charge in [-0.05, 0) is 31.7 Å². The van der Waals surface area contributed by atoms with Gasteiger partial charge in [-0.25, -0.2) is 4.39 Å². The molecule has 0 radical (unpaired) electrons. The van der Waals surface area contributed by atoms with Crippen LogP contribution >= 0.6 is 0 Å². The predicted octanol–water partition coefficient (Wildman–Crippen LogP) is 0.804. The van der Waals surface area contributed by atoms with E-state index in [2.05, 4.69) is 5.32 Å². The van der Waals surface area contributed by atoms with Crippen LogP contribution < -0.4 is 15.8 Å². The van der Waals surface area contributed by atoms with Gasteiger partial charge >= 0.3 is 0 Å². The van der Waals surface area contributed by atoms with Crippen molar-refractivity contribution in [2.75, 3.05) is 20.2 Å². The number of ether oxygens (including phenoxy) is 1. The van der Waals surface area contributed by atoms with Crippen LogP contribution in [0.1, 0.15) is 18.5 Å². The van der Waals surface area contributed by atoms with Gasteiger partial charge in [-0.1, -0.05) is 6.07 Å². The SMILES string of the molecule is CCOc1ccc(C(NC)C(O)CN)cc1F. The first-order chi connectivity index (χ1) is 8.13. The minimum absolute atomic E-state index is 0.111. The number of hydrogen-bond acceptors (Lipinski definition) is 4. The Morgan fingerprint density at radius 2 is 2.24 bits per heavy atom. The van der Waals surface area contributed by atoms with Crippen LogP contribution in [0.5, 0.6) is 5.75 Å². The Hall–Kier alpha value is -1.17. The molecule has 0 saturated heterocycles. The van der Waals surface area contributed by atoms with Gasteiger partial charge in [0.05, 0.1) is 18.8 Å². The average molecular weight is 242 g/mol. The normalized spacial score (nSPS) is 14.4. The van der Waals surface area contributed by atoms with E-state index < -0.39 is 11.9 Å². The van der Waals surface area contributed by atoms with Gasteiger partial charge in [0.15, 0.2) is 11.6 Å². The number of aliphatic hydroxyl groups is 1. The molecule has 0 amide bonds. The fourth-order valence-electron chi connectivity index (χ4n) is 1.70. The molecule has 0 aliphatic carbocycles. The summed E-state index contributed by atoms with van der Waals surface area (Å²) in [5.74, 6) is -0.220. The topological polar surface area (TPSA) is 67.5 Å². The quantitative estimate of drug-likeness (QED) is 0.690. The first kappa shape index (κ1) is 13.9. The van der Waals surface area contributed by atoms with Gasteiger partial charge in [-0.15, -0.1) is 0 Å². The highest BCUT2D eigenvalue weighted by Gasteiger charge is 2.19. The summed E-state index contributed by atoms with van der Waals surface area (Å²) in [5.41, 5.74) is 6.04. The first-order valence-corrected chi connectivity index (χ1v) is 5.61. The monoisotopic (exact) mass is 242 g/mol. The average Bonchev–Trinajstić information content (AvgIpc) is 2.33. The second kappa shape index (κ2) is 6.54. The summed E-state index contributed by atoms with van der Waals surface area (Å²) in [6.07, 6.45) is -0.752. The van der Waals surface area contributed by atoms with Gasteiger partial charge in [0, 0.05) is 6.54 Å². The number of hydrogen-bond donors (Lipinski definition) is 3. The zero-order chi connectivity index (χ0) is 12.8. The lowest BCUT2D eigenvalue weighted by Crippen LogP contribution is -2.35. The van der Waals surface area contributed by atoms with E-state index in [-0.39, 0.29) is 18.3 Å². The molecule has 0 bridgehead atoms. The third-order valence-electron chi connectivity index (χ3n) is 2.55. The lowest BCUT2D eigenvalue weighted by Gasteiger charge is -2.22. The van der Waals surface area contributed by atoms with Crippen LogP contribution in [0.25, 0.3) is 0 Å². The molecule has 2 unspecified atom stereocenters. The van der Waals surface area contributed by atoms with Crippen LogP contribution in [0.15, 0.2) is 18.2 Å². The number of aliphatic hydroxyl groups excluding tert-OH is 1. The summed E-state index contributed by atoms with van der Waals surface area (Å²) in [4.78, 5) is 0. The van der Waals surface area contributed by atoms with Gasteiger partial charge in [0.25, 0.3) is 0 Å². The molecule has 0 spiro atoms. The molecule has 0 aromatic heterocycles. The highest BCUT2D eigenvalue weighted by Crippen LogP contribution is 2.23.